The Morgan fingerprint density at radius 3 is 2.54 bits per heavy atom. The molecule has 2 N–H and O–H groups in total. The van der Waals surface area contributed by atoms with Crippen LogP contribution in [-0.2, 0) is 4.79 Å². The standard InChI is InChI=1S/C19H24N4O5/c1-26-14-9-13(10-15(27-2)17(14)28-3)21-19-20-7-6-16(22-19)23-8-4-5-12(11-23)18(24)25/h6-7,9-10,12H,4-5,8,11H2,1-3H3,(H,24,25)(H,20,21,22)/t12-/m0/s1. The van der Waals surface area contributed by atoms with Gasteiger partial charge in [0.2, 0.25) is 11.7 Å². The molecule has 1 aliphatic rings. The number of anilines is 3. The Morgan fingerprint density at radius 2 is 1.93 bits per heavy atom. The molecule has 1 aromatic heterocycles. The molecular formula is C19H24N4O5. The summed E-state index contributed by atoms with van der Waals surface area (Å²) in [6, 6.07) is 5.31. The molecule has 2 aromatic rings. The molecule has 1 saturated heterocycles. The fourth-order valence-corrected chi connectivity index (χ4v) is 3.25. The zero-order valence-electron chi connectivity index (χ0n) is 16.1. The van der Waals surface area contributed by atoms with Crippen LogP contribution in [0.3, 0.4) is 0 Å². The Morgan fingerprint density at radius 1 is 1.21 bits per heavy atom. The maximum absolute atomic E-state index is 11.3. The van der Waals surface area contributed by atoms with Crippen LogP contribution in [-0.4, -0.2) is 55.5 Å². The molecule has 1 fully saturated rings. The van der Waals surface area contributed by atoms with Crippen LogP contribution in [0.4, 0.5) is 17.5 Å². The van der Waals surface area contributed by atoms with Gasteiger partial charge in [-0.2, -0.15) is 4.98 Å². The fourth-order valence-electron chi connectivity index (χ4n) is 3.25. The molecule has 0 saturated carbocycles. The summed E-state index contributed by atoms with van der Waals surface area (Å²) in [5, 5.41) is 12.4. The van der Waals surface area contributed by atoms with E-state index in [0.717, 1.165) is 13.0 Å². The predicted octanol–water partition coefficient (Wildman–Crippen LogP) is 2.55. The molecule has 3 rings (SSSR count). The summed E-state index contributed by atoms with van der Waals surface area (Å²) in [5.41, 5.74) is 0.675. The summed E-state index contributed by atoms with van der Waals surface area (Å²) >= 11 is 0. The lowest BCUT2D eigenvalue weighted by atomic mass is 9.98. The van der Waals surface area contributed by atoms with Gasteiger partial charge in [0.25, 0.3) is 0 Å². The van der Waals surface area contributed by atoms with Crippen molar-refractivity contribution >= 4 is 23.4 Å². The Kier molecular flexibility index (Phi) is 6.03. The average Bonchev–Trinajstić information content (AvgIpc) is 2.73. The monoisotopic (exact) mass is 388 g/mol. The minimum atomic E-state index is -0.769. The molecule has 9 heteroatoms. The van der Waals surface area contributed by atoms with E-state index in [9.17, 15) is 9.90 Å². The molecule has 28 heavy (non-hydrogen) atoms. The van der Waals surface area contributed by atoms with Crippen molar-refractivity contribution < 1.29 is 24.1 Å². The van der Waals surface area contributed by atoms with Gasteiger partial charge in [-0.05, 0) is 18.9 Å². The van der Waals surface area contributed by atoms with E-state index >= 15 is 0 Å². The van der Waals surface area contributed by atoms with E-state index in [1.165, 1.54) is 0 Å². The number of benzene rings is 1. The first-order chi connectivity index (χ1) is 13.5. The Bertz CT molecular complexity index is 820. The summed E-state index contributed by atoms with van der Waals surface area (Å²) in [4.78, 5) is 22.1. The van der Waals surface area contributed by atoms with Gasteiger partial charge in [0, 0.05) is 37.1 Å². The van der Waals surface area contributed by atoms with E-state index in [1.807, 2.05) is 4.90 Å². The van der Waals surface area contributed by atoms with Crippen molar-refractivity contribution in [2.75, 3.05) is 44.6 Å². The zero-order chi connectivity index (χ0) is 20.1. The van der Waals surface area contributed by atoms with E-state index in [1.54, 1.807) is 45.7 Å². The lowest BCUT2D eigenvalue weighted by Gasteiger charge is -2.31. The molecule has 1 atom stereocenters. The Labute approximate surface area is 163 Å². The molecule has 2 heterocycles. The summed E-state index contributed by atoms with van der Waals surface area (Å²) < 4.78 is 16.0. The quantitative estimate of drug-likeness (QED) is 0.740. The summed E-state index contributed by atoms with van der Waals surface area (Å²) in [5.74, 6) is 1.46. The number of nitrogens with zero attached hydrogens (tertiary/aromatic N) is 3. The minimum absolute atomic E-state index is 0.379. The van der Waals surface area contributed by atoms with Crippen LogP contribution in [0.1, 0.15) is 12.8 Å². The van der Waals surface area contributed by atoms with Crippen molar-refractivity contribution in [3.63, 3.8) is 0 Å². The number of piperidine rings is 1. The highest BCUT2D eigenvalue weighted by molar-refractivity contribution is 5.71. The van der Waals surface area contributed by atoms with Gasteiger partial charge < -0.3 is 29.5 Å². The summed E-state index contributed by atoms with van der Waals surface area (Å²) in [7, 11) is 4.64. The SMILES string of the molecule is COc1cc(Nc2nccc(N3CCC[C@H](C(=O)O)C3)n2)cc(OC)c1OC. The number of carboxylic acid groups (broad SMARTS) is 1. The molecule has 0 amide bonds. The lowest BCUT2D eigenvalue weighted by Crippen LogP contribution is -2.39. The molecule has 9 nitrogen and oxygen atoms in total. The van der Waals surface area contributed by atoms with Crippen LogP contribution >= 0.6 is 0 Å². The third kappa shape index (κ3) is 4.19. The zero-order valence-corrected chi connectivity index (χ0v) is 16.1. The minimum Gasteiger partial charge on any atom is -0.493 e. The second kappa shape index (κ2) is 8.64. The normalized spacial score (nSPS) is 16.4. The number of ether oxygens (including phenoxy) is 3. The number of nitrogens with one attached hydrogen (secondary N) is 1. The number of aliphatic carboxylic acids is 1. The van der Waals surface area contributed by atoms with Gasteiger partial charge in [-0.3, -0.25) is 4.79 Å². The van der Waals surface area contributed by atoms with Crippen molar-refractivity contribution in [3.05, 3.63) is 24.4 Å². The van der Waals surface area contributed by atoms with Gasteiger partial charge in [-0.15, -0.1) is 0 Å². The van der Waals surface area contributed by atoms with E-state index in [2.05, 4.69) is 15.3 Å². The Hall–Kier alpha value is -3.23. The molecule has 150 valence electrons. The fraction of sp³-hybridized carbons (Fsp3) is 0.421. The first-order valence-electron chi connectivity index (χ1n) is 8.93. The number of carbonyl (C=O) groups is 1. The van der Waals surface area contributed by atoms with Gasteiger partial charge >= 0.3 is 5.97 Å². The van der Waals surface area contributed by atoms with Gasteiger partial charge in [0.15, 0.2) is 11.5 Å². The molecule has 0 aliphatic carbocycles. The van der Waals surface area contributed by atoms with Crippen LogP contribution in [0.15, 0.2) is 24.4 Å². The van der Waals surface area contributed by atoms with Crippen LogP contribution in [0, 0.1) is 5.92 Å². The lowest BCUT2D eigenvalue weighted by molar-refractivity contribution is -0.141. The van der Waals surface area contributed by atoms with Gasteiger partial charge in [0.05, 0.1) is 27.2 Å². The highest BCUT2D eigenvalue weighted by Crippen LogP contribution is 2.40. The first-order valence-corrected chi connectivity index (χ1v) is 8.93. The van der Waals surface area contributed by atoms with Crippen molar-refractivity contribution in [1.82, 2.24) is 9.97 Å². The van der Waals surface area contributed by atoms with Crippen LogP contribution in [0.25, 0.3) is 0 Å². The molecule has 0 spiro atoms. The maximum atomic E-state index is 11.3. The predicted molar refractivity (Wildman–Crippen MR) is 104 cm³/mol. The Balaban J connectivity index is 1.82. The molecule has 0 unspecified atom stereocenters. The van der Waals surface area contributed by atoms with Crippen LogP contribution in [0.2, 0.25) is 0 Å². The second-order valence-electron chi connectivity index (χ2n) is 6.40. The molecular weight excluding hydrogens is 364 g/mol. The number of hydrogen-bond donors (Lipinski definition) is 2. The summed E-state index contributed by atoms with van der Waals surface area (Å²) in [6.45, 7) is 1.21. The maximum Gasteiger partial charge on any atom is 0.308 e. The highest BCUT2D eigenvalue weighted by Gasteiger charge is 2.26. The largest absolute Gasteiger partial charge is 0.493 e. The number of carboxylic acids is 1. The van der Waals surface area contributed by atoms with Gasteiger partial charge in [-0.1, -0.05) is 0 Å². The van der Waals surface area contributed by atoms with Crippen LogP contribution < -0.4 is 24.4 Å². The van der Waals surface area contributed by atoms with Crippen molar-refractivity contribution in [3.8, 4) is 17.2 Å². The topological polar surface area (TPSA) is 106 Å². The first kappa shape index (κ1) is 19.5. The van der Waals surface area contributed by atoms with Crippen molar-refractivity contribution in [2.24, 2.45) is 5.92 Å². The van der Waals surface area contributed by atoms with E-state index in [0.29, 0.717) is 47.7 Å². The molecule has 1 aliphatic heterocycles. The number of aromatic nitrogens is 2. The third-order valence-electron chi connectivity index (χ3n) is 4.66. The highest BCUT2D eigenvalue weighted by atomic mass is 16.5. The summed E-state index contributed by atoms with van der Waals surface area (Å²) in [6.07, 6.45) is 3.15. The van der Waals surface area contributed by atoms with Crippen molar-refractivity contribution in [1.29, 1.82) is 0 Å². The number of hydrogen-bond acceptors (Lipinski definition) is 8. The average molecular weight is 388 g/mol. The molecule has 0 bridgehead atoms. The number of methoxy groups -OCH3 is 3. The number of rotatable bonds is 7. The third-order valence-corrected chi connectivity index (χ3v) is 4.66. The van der Waals surface area contributed by atoms with Gasteiger partial charge in [-0.25, -0.2) is 4.98 Å². The van der Waals surface area contributed by atoms with Crippen molar-refractivity contribution in [2.45, 2.75) is 12.8 Å². The van der Waals surface area contributed by atoms with E-state index in [-0.39, 0.29) is 5.92 Å². The van der Waals surface area contributed by atoms with Gasteiger partial charge in [0.1, 0.15) is 5.82 Å². The van der Waals surface area contributed by atoms with Crippen LogP contribution in [0.5, 0.6) is 17.2 Å². The van der Waals surface area contributed by atoms with E-state index < -0.39 is 5.97 Å². The smallest absolute Gasteiger partial charge is 0.308 e. The van der Waals surface area contributed by atoms with E-state index in [4.69, 9.17) is 14.2 Å². The second-order valence-corrected chi connectivity index (χ2v) is 6.40. The molecule has 1 aromatic carbocycles. The molecule has 0 radical (unpaired) electrons.